The SMILES string of the molecule is C[C@H](O)c1cccc(F)c1N(C)Cc1ccc(Br)cc1. The summed E-state index contributed by atoms with van der Waals surface area (Å²) in [5.41, 5.74) is 2.13. The van der Waals surface area contributed by atoms with E-state index in [0.717, 1.165) is 10.0 Å². The van der Waals surface area contributed by atoms with Gasteiger partial charge in [-0.05, 0) is 30.7 Å². The molecule has 0 radical (unpaired) electrons. The Morgan fingerprint density at radius 3 is 2.45 bits per heavy atom. The number of hydrogen-bond acceptors (Lipinski definition) is 2. The third kappa shape index (κ3) is 3.38. The van der Waals surface area contributed by atoms with Crippen molar-refractivity contribution in [2.75, 3.05) is 11.9 Å². The fourth-order valence-electron chi connectivity index (χ4n) is 2.21. The molecule has 1 N–H and O–H groups in total. The van der Waals surface area contributed by atoms with Crippen LogP contribution in [0.3, 0.4) is 0 Å². The molecule has 4 heteroatoms. The Labute approximate surface area is 127 Å². The molecular formula is C16H17BrFNO. The standard InChI is InChI=1S/C16H17BrFNO/c1-11(20)14-4-3-5-15(18)16(14)19(2)10-12-6-8-13(17)9-7-12/h3-9,11,20H,10H2,1-2H3/t11-/m0/s1. The third-order valence-electron chi connectivity index (χ3n) is 3.18. The number of para-hydroxylation sites is 1. The predicted molar refractivity (Wildman–Crippen MR) is 83.3 cm³/mol. The molecule has 2 aromatic rings. The molecule has 0 fully saturated rings. The maximum Gasteiger partial charge on any atom is 0.146 e. The molecule has 0 bridgehead atoms. The molecule has 20 heavy (non-hydrogen) atoms. The van der Waals surface area contributed by atoms with E-state index in [4.69, 9.17) is 0 Å². The summed E-state index contributed by atoms with van der Waals surface area (Å²) in [6, 6.07) is 12.7. The van der Waals surface area contributed by atoms with Crippen molar-refractivity contribution in [3.8, 4) is 0 Å². The summed E-state index contributed by atoms with van der Waals surface area (Å²) < 4.78 is 15.1. The van der Waals surface area contributed by atoms with Gasteiger partial charge in [0.15, 0.2) is 0 Å². The van der Waals surface area contributed by atoms with Crippen LogP contribution in [0.4, 0.5) is 10.1 Å². The Morgan fingerprint density at radius 2 is 1.85 bits per heavy atom. The van der Waals surface area contributed by atoms with E-state index in [9.17, 15) is 9.50 Å². The predicted octanol–water partition coefficient (Wildman–Crippen LogP) is 4.28. The summed E-state index contributed by atoms with van der Waals surface area (Å²) in [5, 5.41) is 9.78. The molecule has 0 heterocycles. The highest BCUT2D eigenvalue weighted by Gasteiger charge is 2.16. The first-order chi connectivity index (χ1) is 9.49. The van der Waals surface area contributed by atoms with Gasteiger partial charge in [-0.25, -0.2) is 4.39 Å². The zero-order valence-corrected chi connectivity index (χ0v) is 13.1. The largest absolute Gasteiger partial charge is 0.389 e. The average Bonchev–Trinajstić information content (AvgIpc) is 2.40. The van der Waals surface area contributed by atoms with E-state index < -0.39 is 6.10 Å². The highest BCUT2D eigenvalue weighted by molar-refractivity contribution is 9.10. The van der Waals surface area contributed by atoms with Crippen LogP contribution in [0.15, 0.2) is 46.9 Å². The average molecular weight is 338 g/mol. The summed E-state index contributed by atoms with van der Waals surface area (Å²) in [6.07, 6.45) is -0.701. The molecule has 0 aliphatic rings. The van der Waals surface area contributed by atoms with Crippen molar-refractivity contribution in [3.05, 3.63) is 63.9 Å². The van der Waals surface area contributed by atoms with Gasteiger partial charge < -0.3 is 10.0 Å². The topological polar surface area (TPSA) is 23.5 Å². The maximum absolute atomic E-state index is 14.1. The van der Waals surface area contributed by atoms with Gasteiger partial charge >= 0.3 is 0 Å². The number of aliphatic hydroxyl groups is 1. The summed E-state index contributed by atoms with van der Waals surface area (Å²) in [6.45, 7) is 2.22. The van der Waals surface area contributed by atoms with Gasteiger partial charge in [-0.15, -0.1) is 0 Å². The summed E-state index contributed by atoms with van der Waals surface area (Å²) in [7, 11) is 1.83. The third-order valence-corrected chi connectivity index (χ3v) is 3.71. The zero-order chi connectivity index (χ0) is 14.7. The summed E-state index contributed by atoms with van der Waals surface area (Å²) >= 11 is 3.39. The van der Waals surface area contributed by atoms with Crippen LogP contribution >= 0.6 is 15.9 Å². The van der Waals surface area contributed by atoms with Crippen LogP contribution in [0.2, 0.25) is 0 Å². The minimum Gasteiger partial charge on any atom is -0.389 e. The number of benzene rings is 2. The number of rotatable bonds is 4. The van der Waals surface area contributed by atoms with Crippen molar-refractivity contribution in [2.45, 2.75) is 19.6 Å². The fourth-order valence-corrected chi connectivity index (χ4v) is 2.48. The van der Waals surface area contributed by atoms with Crippen molar-refractivity contribution >= 4 is 21.6 Å². The normalized spacial score (nSPS) is 12.2. The van der Waals surface area contributed by atoms with Crippen LogP contribution in [0.1, 0.15) is 24.2 Å². The van der Waals surface area contributed by atoms with E-state index in [0.29, 0.717) is 17.8 Å². The lowest BCUT2D eigenvalue weighted by atomic mass is 10.1. The van der Waals surface area contributed by atoms with E-state index in [1.54, 1.807) is 19.1 Å². The molecule has 0 spiro atoms. The van der Waals surface area contributed by atoms with Crippen molar-refractivity contribution in [1.29, 1.82) is 0 Å². The number of hydrogen-bond donors (Lipinski definition) is 1. The number of anilines is 1. The highest BCUT2D eigenvalue weighted by Crippen LogP contribution is 2.29. The molecule has 1 atom stereocenters. The first-order valence-electron chi connectivity index (χ1n) is 6.41. The van der Waals surface area contributed by atoms with Crippen LogP contribution in [0, 0.1) is 5.82 Å². The minimum atomic E-state index is -0.701. The molecule has 106 valence electrons. The van der Waals surface area contributed by atoms with Crippen molar-refractivity contribution < 1.29 is 9.50 Å². The monoisotopic (exact) mass is 337 g/mol. The molecule has 2 rings (SSSR count). The first-order valence-corrected chi connectivity index (χ1v) is 7.20. The van der Waals surface area contributed by atoms with Crippen LogP contribution in [-0.4, -0.2) is 12.2 Å². The number of halogens is 2. The van der Waals surface area contributed by atoms with Crippen LogP contribution in [0.5, 0.6) is 0 Å². The molecule has 0 saturated carbocycles. The molecular weight excluding hydrogens is 321 g/mol. The van der Waals surface area contributed by atoms with Crippen LogP contribution in [0.25, 0.3) is 0 Å². The van der Waals surface area contributed by atoms with E-state index >= 15 is 0 Å². The molecule has 0 saturated heterocycles. The van der Waals surface area contributed by atoms with E-state index in [1.807, 2.05) is 36.2 Å². The maximum atomic E-state index is 14.1. The van der Waals surface area contributed by atoms with Gasteiger partial charge in [0.05, 0.1) is 11.8 Å². The second-order valence-electron chi connectivity index (χ2n) is 4.84. The second-order valence-corrected chi connectivity index (χ2v) is 5.75. The smallest absolute Gasteiger partial charge is 0.146 e. The van der Waals surface area contributed by atoms with Crippen LogP contribution in [-0.2, 0) is 6.54 Å². The summed E-state index contributed by atoms with van der Waals surface area (Å²) in [4.78, 5) is 1.82. The molecule has 0 aromatic heterocycles. The van der Waals surface area contributed by atoms with Gasteiger partial charge in [0.25, 0.3) is 0 Å². The molecule has 0 amide bonds. The van der Waals surface area contributed by atoms with Crippen molar-refractivity contribution in [1.82, 2.24) is 0 Å². The lowest BCUT2D eigenvalue weighted by molar-refractivity contribution is 0.199. The molecule has 0 aliphatic carbocycles. The van der Waals surface area contributed by atoms with Crippen LogP contribution < -0.4 is 4.90 Å². The Balaban J connectivity index is 2.29. The lowest BCUT2D eigenvalue weighted by Crippen LogP contribution is -2.20. The van der Waals surface area contributed by atoms with Crippen molar-refractivity contribution in [3.63, 3.8) is 0 Å². The number of aliphatic hydroxyl groups excluding tert-OH is 1. The van der Waals surface area contributed by atoms with Gasteiger partial charge in [-0.2, -0.15) is 0 Å². The Bertz CT molecular complexity index is 584. The molecule has 2 aromatic carbocycles. The fraction of sp³-hybridized carbons (Fsp3) is 0.250. The van der Waals surface area contributed by atoms with Gasteiger partial charge in [0.2, 0.25) is 0 Å². The quantitative estimate of drug-likeness (QED) is 0.900. The minimum absolute atomic E-state index is 0.317. The Hall–Kier alpha value is -1.39. The van der Waals surface area contributed by atoms with Crippen molar-refractivity contribution in [2.24, 2.45) is 0 Å². The molecule has 0 unspecified atom stereocenters. The molecule has 2 nitrogen and oxygen atoms in total. The van der Waals surface area contributed by atoms with E-state index in [2.05, 4.69) is 15.9 Å². The van der Waals surface area contributed by atoms with Gasteiger partial charge in [-0.3, -0.25) is 0 Å². The Morgan fingerprint density at radius 1 is 1.20 bits per heavy atom. The van der Waals surface area contributed by atoms with E-state index in [-0.39, 0.29) is 5.82 Å². The summed E-state index contributed by atoms with van der Waals surface area (Å²) in [5.74, 6) is -0.317. The lowest BCUT2D eigenvalue weighted by Gasteiger charge is -2.24. The van der Waals surface area contributed by atoms with E-state index in [1.165, 1.54) is 6.07 Å². The highest BCUT2D eigenvalue weighted by atomic mass is 79.9. The Kier molecular flexibility index (Phi) is 4.78. The van der Waals surface area contributed by atoms with Gasteiger partial charge in [0.1, 0.15) is 5.82 Å². The van der Waals surface area contributed by atoms with Gasteiger partial charge in [0, 0.05) is 23.6 Å². The molecule has 0 aliphatic heterocycles. The number of nitrogens with zero attached hydrogens (tertiary/aromatic N) is 1. The second kappa shape index (κ2) is 6.37. The van der Waals surface area contributed by atoms with Gasteiger partial charge in [-0.1, -0.05) is 40.2 Å². The first kappa shape index (κ1) is 15.0. The zero-order valence-electron chi connectivity index (χ0n) is 11.5.